The maximum Gasteiger partial charge on any atom is 0.324 e. The van der Waals surface area contributed by atoms with Gasteiger partial charge in [0.25, 0.3) is 0 Å². The van der Waals surface area contributed by atoms with Crippen molar-refractivity contribution >= 4 is 15.7 Å². The third-order valence-corrected chi connectivity index (χ3v) is 4.86. The third kappa shape index (κ3) is 3.74. The van der Waals surface area contributed by atoms with Gasteiger partial charge in [0, 0.05) is 13.6 Å². The van der Waals surface area contributed by atoms with Gasteiger partial charge in [-0.25, -0.2) is 12.7 Å². The second kappa shape index (κ2) is 6.04. The first kappa shape index (κ1) is 17.5. The van der Waals surface area contributed by atoms with Crippen LogP contribution in [0.2, 0.25) is 0 Å². The molecular formula is C12H18FN3O4S. The zero-order chi connectivity index (χ0) is 16.4. The van der Waals surface area contributed by atoms with Gasteiger partial charge in [0.15, 0.2) is 4.90 Å². The van der Waals surface area contributed by atoms with Crippen LogP contribution >= 0.6 is 0 Å². The van der Waals surface area contributed by atoms with Gasteiger partial charge in [-0.05, 0) is 24.1 Å². The normalized spacial score (nSPS) is 12.7. The van der Waals surface area contributed by atoms with Gasteiger partial charge in [0.1, 0.15) is 0 Å². The molecule has 0 aliphatic rings. The van der Waals surface area contributed by atoms with Crippen LogP contribution in [-0.4, -0.2) is 37.8 Å². The van der Waals surface area contributed by atoms with Gasteiger partial charge >= 0.3 is 5.69 Å². The molecule has 21 heavy (non-hydrogen) atoms. The summed E-state index contributed by atoms with van der Waals surface area (Å²) in [7, 11) is -2.91. The molecule has 7 nitrogen and oxygen atoms in total. The van der Waals surface area contributed by atoms with Crippen LogP contribution in [0, 0.1) is 21.3 Å². The molecule has 0 aromatic heterocycles. The maximum atomic E-state index is 13.6. The molecule has 0 radical (unpaired) electrons. The van der Waals surface area contributed by atoms with Gasteiger partial charge in [0.05, 0.1) is 4.92 Å². The summed E-state index contributed by atoms with van der Waals surface area (Å²) < 4.78 is 39.3. The number of nitro groups is 1. The van der Waals surface area contributed by atoms with Gasteiger partial charge in [0.2, 0.25) is 15.8 Å². The Bertz CT molecular complexity index is 646. The van der Waals surface area contributed by atoms with Crippen LogP contribution < -0.4 is 5.73 Å². The average Bonchev–Trinajstić information content (AvgIpc) is 2.37. The van der Waals surface area contributed by atoms with E-state index >= 15 is 0 Å². The van der Waals surface area contributed by atoms with E-state index in [0.717, 1.165) is 22.5 Å². The van der Waals surface area contributed by atoms with Gasteiger partial charge in [-0.15, -0.1) is 0 Å². The molecule has 0 amide bonds. The van der Waals surface area contributed by atoms with E-state index in [1.807, 2.05) is 0 Å². The summed E-state index contributed by atoms with van der Waals surface area (Å²) in [6.45, 7) is 3.82. The Hall–Kier alpha value is -1.58. The SMILES string of the molecule is CN(CC(C)(C)CN)S(=O)(=O)c1cccc(F)c1[N+](=O)[O-]. The van der Waals surface area contributed by atoms with E-state index in [4.69, 9.17) is 5.73 Å². The Balaban J connectivity index is 3.32. The minimum absolute atomic E-state index is 0.0551. The molecule has 0 fully saturated rings. The lowest BCUT2D eigenvalue weighted by Gasteiger charge is -2.28. The Morgan fingerprint density at radius 3 is 2.48 bits per heavy atom. The number of hydrogen-bond donors (Lipinski definition) is 1. The Kier molecular flexibility index (Phi) is 5.03. The van der Waals surface area contributed by atoms with Crippen molar-refractivity contribution in [3.63, 3.8) is 0 Å². The van der Waals surface area contributed by atoms with Crippen molar-refractivity contribution in [2.75, 3.05) is 20.1 Å². The van der Waals surface area contributed by atoms with Crippen LogP contribution in [0.1, 0.15) is 13.8 Å². The first-order valence-electron chi connectivity index (χ1n) is 6.12. The number of halogens is 1. The second-order valence-corrected chi connectivity index (χ2v) is 7.49. The Morgan fingerprint density at radius 1 is 1.43 bits per heavy atom. The first-order chi connectivity index (χ1) is 9.53. The Morgan fingerprint density at radius 2 is 2.00 bits per heavy atom. The van der Waals surface area contributed by atoms with Crippen LogP contribution in [0.25, 0.3) is 0 Å². The highest BCUT2D eigenvalue weighted by molar-refractivity contribution is 7.89. The lowest BCUT2D eigenvalue weighted by Crippen LogP contribution is -2.39. The highest BCUT2D eigenvalue weighted by Crippen LogP contribution is 2.29. The van der Waals surface area contributed by atoms with E-state index in [9.17, 15) is 22.9 Å². The molecule has 9 heteroatoms. The number of hydrogen-bond acceptors (Lipinski definition) is 5. The van der Waals surface area contributed by atoms with Crippen molar-refractivity contribution in [1.29, 1.82) is 0 Å². The van der Waals surface area contributed by atoms with Gasteiger partial charge < -0.3 is 5.73 Å². The fourth-order valence-electron chi connectivity index (χ4n) is 1.80. The van der Waals surface area contributed by atoms with Crippen LogP contribution in [0.15, 0.2) is 23.1 Å². The molecule has 0 bridgehead atoms. The van der Waals surface area contributed by atoms with Crippen LogP contribution in [-0.2, 0) is 10.0 Å². The number of nitrogens with zero attached hydrogens (tertiary/aromatic N) is 2. The quantitative estimate of drug-likeness (QED) is 0.629. The molecule has 1 rings (SSSR count). The molecule has 0 heterocycles. The number of nitrogens with two attached hydrogens (primary N) is 1. The summed E-state index contributed by atoms with van der Waals surface area (Å²) >= 11 is 0. The fourth-order valence-corrected chi connectivity index (χ4v) is 3.32. The predicted octanol–water partition coefficient (Wildman–Crippen LogP) is 1.34. The van der Waals surface area contributed by atoms with Crippen LogP contribution in [0.4, 0.5) is 10.1 Å². The summed E-state index contributed by atoms with van der Waals surface area (Å²) in [4.78, 5) is 9.21. The third-order valence-electron chi connectivity index (χ3n) is 3.02. The molecule has 2 N–H and O–H groups in total. The zero-order valence-electron chi connectivity index (χ0n) is 12.0. The minimum Gasteiger partial charge on any atom is -0.330 e. The van der Waals surface area contributed by atoms with Gasteiger partial charge in [-0.1, -0.05) is 19.9 Å². The lowest BCUT2D eigenvalue weighted by molar-refractivity contribution is -0.390. The van der Waals surface area contributed by atoms with E-state index in [-0.39, 0.29) is 13.1 Å². The van der Waals surface area contributed by atoms with Crippen molar-refractivity contribution in [2.45, 2.75) is 18.7 Å². The van der Waals surface area contributed by atoms with Crippen molar-refractivity contribution < 1.29 is 17.7 Å². The predicted molar refractivity (Wildman–Crippen MR) is 75.7 cm³/mol. The molecule has 118 valence electrons. The summed E-state index contributed by atoms with van der Waals surface area (Å²) in [6.07, 6.45) is 0. The molecule has 0 saturated heterocycles. The second-order valence-electron chi connectivity index (χ2n) is 5.47. The molecule has 1 aromatic rings. The fraction of sp³-hybridized carbons (Fsp3) is 0.500. The summed E-state index contributed by atoms with van der Waals surface area (Å²) in [5.74, 6) is -1.19. The van der Waals surface area contributed by atoms with Crippen molar-refractivity contribution in [2.24, 2.45) is 11.1 Å². The molecule has 0 saturated carbocycles. The summed E-state index contributed by atoms with van der Waals surface area (Å²) in [5.41, 5.74) is 3.99. The largest absolute Gasteiger partial charge is 0.330 e. The highest BCUT2D eigenvalue weighted by Gasteiger charge is 2.34. The smallest absolute Gasteiger partial charge is 0.324 e. The standard InChI is InChI=1S/C12H18FN3O4S/c1-12(2,7-14)8-15(3)21(19,20)10-6-4-5-9(13)11(10)16(17)18/h4-6H,7-8,14H2,1-3H3. The minimum atomic E-state index is -4.18. The summed E-state index contributed by atoms with van der Waals surface area (Å²) in [6, 6.07) is 2.99. The number of nitro benzene ring substituents is 1. The van der Waals surface area contributed by atoms with E-state index < -0.39 is 36.8 Å². The number of benzene rings is 1. The molecule has 0 aliphatic heterocycles. The van der Waals surface area contributed by atoms with Gasteiger partial charge in [-0.2, -0.15) is 4.39 Å². The number of sulfonamides is 1. The monoisotopic (exact) mass is 319 g/mol. The topological polar surface area (TPSA) is 107 Å². The highest BCUT2D eigenvalue weighted by atomic mass is 32.2. The van der Waals surface area contributed by atoms with Gasteiger partial charge in [-0.3, -0.25) is 10.1 Å². The molecule has 1 aromatic carbocycles. The zero-order valence-corrected chi connectivity index (χ0v) is 12.9. The van der Waals surface area contributed by atoms with Crippen molar-refractivity contribution in [1.82, 2.24) is 4.31 Å². The molecule has 0 spiro atoms. The summed E-state index contributed by atoms with van der Waals surface area (Å²) in [5, 5.41) is 10.9. The number of rotatable bonds is 6. The average molecular weight is 319 g/mol. The van der Waals surface area contributed by atoms with E-state index in [2.05, 4.69) is 0 Å². The molecule has 0 aliphatic carbocycles. The molecular weight excluding hydrogens is 301 g/mol. The maximum absolute atomic E-state index is 13.6. The van der Waals surface area contributed by atoms with Crippen molar-refractivity contribution in [3.8, 4) is 0 Å². The van der Waals surface area contributed by atoms with Crippen LogP contribution in [0.5, 0.6) is 0 Å². The van der Waals surface area contributed by atoms with Crippen LogP contribution in [0.3, 0.4) is 0 Å². The van der Waals surface area contributed by atoms with Crippen molar-refractivity contribution in [3.05, 3.63) is 34.1 Å². The Labute approximate surface area is 122 Å². The van der Waals surface area contributed by atoms with E-state index in [1.54, 1.807) is 13.8 Å². The van der Waals surface area contributed by atoms with E-state index in [0.29, 0.717) is 0 Å². The van der Waals surface area contributed by atoms with E-state index in [1.165, 1.54) is 7.05 Å². The molecule has 0 atom stereocenters. The molecule has 0 unspecified atom stereocenters. The lowest BCUT2D eigenvalue weighted by atomic mass is 9.94. The first-order valence-corrected chi connectivity index (χ1v) is 7.56. The number of para-hydroxylation sites is 1.